The second kappa shape index (κ2) is 9.78. The molecule has 0 bridgehead atoms. The average Bonchev–Trinajstić information content (AvgIpc) is 2.97. The van der Waals surface area contributed by atoms with Crippen molar-refractivity contribution in [3.63, 3.8) is 0 Å². The van der Waals surface area contributed by atoms with Crippen LogP contribution in [0.15, 0.2) is 34.3 Å². The van der Waals surface area contributed by atoms with Crippen LogP contribution in [-0.2, 0) is 14.8 Å². The Bertz CT molecular complexity index is 1280. The second-order valence-corrected chi connectivity index (χ2v) is 11.1. The molecule has 0 saturated carbocycles. The fourth-order valence-electron chi connectivity index (χ4n) is 3.91. The lowest BCUT2D eigenvalue weighted by Gasteiger charge is -2.21. The van der Waals surface area contributed by atoms with Crippen molar-refractivity contribution in [2.45, 2.75) is 56.5 Å². The third-order valence-corrected chi connectivity index (χ3v) is 8.46. The first-order chi connectivity index (χ1) is 15.7. The summed E-state index contributed by atoms with van der Waals surface area (Å²) < 4.78 is 29.7. The van der Waals surface area contributed by atoms with Gasteiger partial charge >= 0.3 is 0 Å². The molecule has 176 valence electrons. The van der Waals surface area contributed by atoms with Gasteiger partial charge in [0.25, 0.3) is 5.78 Å². The van der Waals surface area contributed by atoms with Crippen molar-refractivity contribution < 1.29 is 13.2 Å². The van der Waals surface area contributed by atoms with E-state index in [1.165, 1.54) is 11.8 Å². The van der Waals surface area contributed by atoms with E-state index in [1.54, 1.807) is 33.9 Å². The van der Waals surface area contributed by atoms with Crippen LogP contribution in [0.4, 0.5) is 5.69 Å². The Kier molecular flexibility index (Phi) is 7.01. The van der Waals surface area contributed by atoms with E-state index in [0.29, 0.717) is 35.3 Å². The first-order valence-corrected chi connectivity index (χ1v) is 13.4. The van der Waals surface area contributed by atoms with Crippen molar-refractivity contribution in [3.8, 4) is 0 Å². The molecule has 1 saturated heterocycles. The maximum Gasteiger partial charge on any atom is 0.253 e. The number of amides is 1. The van der Waals surface area contributed by atoms with Gasteiger partial charge in [-0.15, -0.1) is 5.10 Å². The highest BCUT2D eigenvalue weighted by atomic mass is 32.2. The number of carbonyl (C=O) groups is 1. The minimum absolute atomic E-state index is 0.0942. The zero-order chi connectivity index (χ0) is 23.6. The predicted octanol–water partition coefficient (Wildman–Crippen LogP) is 3.35. The van der Waals surface area contributed by atoms with Crippen LogP contribution in [0.1, 0.15) is 42.6 Å². The van der Waals surface area contributed by atoms with Crippen LogP contribution >= 0.6 is 11.8 Å². The number of anilines is 1. The Morgan fingerprint density at radius 2 is 1.79 bits per heavy atom. The first-order valence-electron chi connectivity index (χ1n) is 11.0. The molecule has 1 N–H and O–H groups in total. The van der Waals surface area contributed by atoms with Gasteiger partial charge in [-0.25, -0.2) is 17.9 Å². The molecule has 2 aromatic heterocycles. The van der Waals surface area contributed by atoms with Gasteiger partial charge in [0.05, 0.1) is 10.6 Å². The number of sulfonamides is 1. The van der Waals surface area contributed by atoms with Crippen molar-refractivity contribution in [2.75, 3.05) is 24.2 Å². The van der Waals surface area contributed by atoms with E-state index in [1.807, 2.05) is 19.9 Å². The summed E-state index contributed by atoms with van der Waals surface area (Å²) in [5.41, 5.74) is 2.89. The highest BCUT2D eigenvalue weighted by molar-refractivity contribution is 7.99. The highest BCUT2D eigenvalue weighted by Gasteiger charge is 2.27. The molecule has 1 aliphatic heterocycles. The van der Waals surface area contributed by atoms with Crippen LogP contribution in [0.25, 0.3) is 5.78 Å². The summed E-state index contributed by atoms with van der Waals surface area (Å²) in [6.45, 7) is 6.67. The Labute approximate surface area is 198 Å². The zero-order valence-corrected chi connectivity index (χ0v) is 20.7. The minimum atomic E-state index is -3.60. The molecule has 3 heterocycles. The Hall–Kier alpha value is -2.50. The van der Waals surface area contributed by atoms with E-state index in [4.69, 9.17) is 0 Å². The van der Waals surface area contributed by atoms with Gasteiger partial charge in [0, 0.05) is 30.2 Å². The minimum Gasteiger partial charge on any atom is -0.325 e. The Morgan fingerprint density at radius 3 is 2.52 bits per heavy atom. The van der Waals surface area contributed by atoms with Gasteiger partial charge in [0.1, 0.15) is 0 Å². The van der Waals surface area contributed by atoms with Crippen LogP contribution in [0.5, 0.6) is 0 Å². The zero-order valence-electron chi connectivity index (χ0n) is 19.0. The van der Waals surface area contributed by atoms with Gasteiger partial charge in [-0.2, -0.15) is 9.29 Å². The van der Waals surface area contributed by atoms with Gasteiger partial charge in [-0.1, -0.05) is 30.7 Å². The van der Waals surface area contributed by atoms with E-state index in [9.17, 15) is 13.2 Å². The summed E-state index contributed by atoms with van der Waals surface area (Å²) in [6.07, 6.45) is 3.85. The number of carbonyl (C=O) groups excluding carboxylic acids is 1. The largest absolute Gasteiger partial charge is 0.325 e. The first kappa shape index (κ1) is 23.7. The topological polar surface area (TPSA) is 110 Å². The number of fused-ring (bicyclic) bond motifs is 1. The predicted molar refractivity (Wildman–Crippen MR) is 128 cm³/mol. The summed E-state index contributed by atoms with van der Waals surface area (Å²) >= 11 is 1.20. The molecule has 1 amide bonds. The normalized spacial score (nSPS) is 15.5. The smallest absolute Gasteiger partial charge is 0.253 e. The summed E-state index contributed by atoms with van der Waals surface area (Å²) in [5, 5.41) is 7.65. The lowest BCUT2D eigenvalue weighted by molar-refractivity contribution is -0.113. The number of hydrogen-bond donors (Lipinski definition) is 1. The number of nitrogens with zero attached hydrogens (tertiary/aromatic N) is 5. The van der Waals surface area contributed by atoms with Gasteiger partial charge in [0.15, 0.2) is 0 Å². The van der Waals surface area contributed by atoms with Crippen LogP contribution in [0.2, 0.25) is 0 Å². The van der Waals surface area contributed by atoms with E-state index in [0.717, 1.165) is 37.1 Å². The molecular weight excluding hydrogens is 460 g/mol. The molecule has 1 fully saturated rings. The van der Waals surface area contributed by atoms with Crippen LogP contribution < -0.4 is 5.32 Å². The molecule has 9 nitrogen and oxygen atoms in total. The molecule has 0 unspecified atom stereocenters. The molecule has 0 atom stereocenters. The lowest BCUT2D eigenvalue weighted by Crippen LogP contribution is -2.32. The molecule has 11 heteroatoms. The lowest BCUT2D eigenvalue weighted by atomic mass is 10.2. The standard InChI is InChI=1S/C22H28N6O3S2/c1-15-8-9-18(13-19(15)33(30,31)27-10-6-4-5-7-11-27)24-20(29)14-32-22-25-21-23-16(2)12-17(3)28(21)26-22/h8-9,12-13H,4-7,10-11,14H2,1-3H3,(H,24,29). The number of thioether (sulfide) groups is 1. The van der Waals surface area contributed by atoms with E-state index in [2.05, 4.69) is 20.4 Å². The van der Waals surface area contributed by atoms with Crippen molar-refractivity contribution in [2.24, 2.45) is 0 Å². The number of rotatable bonds is 6. The molecule has 33 heavy (non-hydrogen) atoms. The number of aromatic nitrogens is 4. The van der Waals surface area contributed by atoms with Crippen molar-refractivity contribution in [3.05, 3.63) is 41.2 Å². The van der Waals surface area contributed by atoms with Gasteiger partial charge in [-0.3, -0.25) is 4.79 Å². The number of hydrogen-bond acceptors (Lipinski definition) is 7. The Balaban J connectivity index is 1.45. The maximum atomic E-state index is 13.2. The molecule has 0 radical (unpaired) electrons. The van der Waals surface area contributed by atoms with E-state index < -0.39 is 10.0 Å². The molecule has 1 aromatic carbocycles. The van der Waals surface area contributed by atoms with Crippen LogP contribution in [0, 0.1) is 20.8 Å². The second-order valence-electron chi connectivity index (χ2n) is 8.28. The van der Waals surface area contributed by atoms with Gasteiger partial charge in [0.2, 0.25) is 21.1 Å². The molecular formula is C22H28N6O3S2. The number of benzene rings is 1. The fraction of sp³-hybridized carbons (Fsp3) is 0.455. The average molecular weight is 489 g/mol. The fourth-order valence-corrected chi connectivity index (χ4v) is 6.30. The SMILES string of the molecule is Cc1cc(C)n2nc(SCC(=O)Nc3ccc(C)c(S(=O)(=O)N4CCCCCC4)c3)nc2n1. The van der Waals surface area contributed by atoms with Gasteiger partial charge < -0.3 is 5.32 Å². The van der Waals surface area contributed by atoms with Crippen LogP contribution in [-0.4, -0.2) is 57.1 Å². The molecule has 4 rings (SSSR count). The van der Waals surface area contributed by atoms with Crippen molar-refractivity contribution in [1.82, 2.24) is 23.9 Å². The number of nitrogens with one attached hydrogen (secondary N) is 1. The van der Waals surface area contributed by atoms with E-state index in [-0.39, 0.29) is 16.6 Å². The van der Waals surface area contributed by atoms with Gasteiger partial charge in [-0.05, 0) is 57.4 Å². The Morgan fingerprint density at radius 1 is 1.06 bits per heavy atom. The summed E-state index contributed by atoms with van der Waals surface area (Å²) in [5.74, 6) is 0.329. The monoisotopic (exact) mass is 488 g/mol. The molecule has 1 aliphatic rings. The molecule has 0 spiro atoms. The molecule has 3 aromatic rings. The highest BCUT2D eigenvalue weighted by Crippen LogP contribution is 2.26. The summed E-state index contributed by atoms with van der Waals surface area (Å²) in [4.78, 5) is 21.5. The third kappa shape index (κ3) is 5.36. The summed E-state index contributed by atoms with van der Waals surface area (Å²) in [7, 11) is -3.60. The van der Waals surface area contributed by atoms with E-state index >= 15 is 0 Å². The summed E-state index contributed by atoms with van der Waals surface area (Å²) in [6, 6.07) is 6.92. The van der Waals surface area contributed by atoms with Crippen molar-refractivity contribution >= 4 is 39.2 Å². The van der Waals surface area contributed by atoms with Crippen LogP contribution in [0.3, 0.4) is 0 Å². The maximum absolute atomic E-state index is 13.2. The quantitative estimate of drug-likeness (QED) is 0.530. The molecule has 0 aliphatic carbocycles. The van der Waals surface area contributed by atoms with Crippen molar-refractivity contribution in [1.29, 1.82) is 0 Å². The third-order valence-electron chi connectivity index (χ3n) is 5.59. The number of aryl methyl sites for hydroxylation is 3.